The molecule has 1 unspecified atom stereocenters. The molecule has 1 N–H and O–H groups in total. The Morgan fingerprint density at radius 2 is 2.05 bits per heavy atom. The lowest BCUT2D eigenvalue weighted by molar-refractivity contribution is -0.0143. The van der Waals surface area contributed by atoms with Crippen molar-refractivity contribution in [2.24, 2.45) is 0 Å². The highest BCUT2D eigenvalue weighted by molar-refractivity contribution is 9.10. The molecule has 20 heavy (non-hydrogen) atoms. The molecule has 0 amide bonds. The monoisotopic (exact) mass is 345 g/mol. The van der Waals surface area contributed by atoms with Crippen molar-refractivity contribution in [3.05, 3.63) is 34.1 Å². The third-order valence-electron chi connectivity index (χ3n) is 2.87. The van der Waals surface area contributed by atoms with Gasteiger partial charge in [0.1, 0.15) is 5.82 Å². The van der Waals surface area contributed by atoms with Crippen LogP contribution < -0.4 is 5.32 Å². The number of halogens is 2. The summed E-state index contributed by atoms with van der Waals surface area (Å²) in [7, 11) is 0. The summed E-state index contributed by atoms with van der Waals surface area (Å²) in [5.41, 5.74) is 0.958. The zero-order valence-corrected chi connectivity index (χ0v) is 14.4. The van der Waals surface area contributed by atoms with Crippen LogP contribution in [0.3, 0.4) is 0 Å². The minimum absolute atomic E-state index is 0.143. The summed E-state index contributed by atoms with van der Waals surface area (Å²) >= 11 is 3.23. The van der Waals surface area contributed by atoms with Crippen molar-refractivity contribution in [2.75, 3.05) is 13.2 Å². The van der Waals surface area contributed by atoms with Gasteiger partial charge in [-0.1, -0.05) is 13.0 Å². The molecule has 0 heterocycles. The molecular formula is C16H25BrFNO. The van der Waals surface area contributed by atoms with E-state index in [1.165, 1.54) is 6.07 Å². The van der Waals surface area contributed by atoms with Gasteiger partial charge in [0.2, 0.25) is 0 Å². The van der Waals surface area contributed by atoms with Crippen molar-refractivity contribution in [3.63, 3.8) is 0 Å². The Morgan fingerprint density at radius 3 is 2.60 bits per heavy atom. The van der Waals surface area contributed by atoms with E-state index in [9.17, 15) is 4.39 Å². The van der Waals surface area contributed by atoms with Gasteiger partial charge in [-0.3, -0.25) is 0 Å². The third-order valence-corrected chi connectivity index (χ3v) is 3.47. The van der Waals surface area contributed by atoms with Crippen molar-refractivity contribution in [2.45, 2.75) is 52.2 Å². The molecule has 0 saturated carbocycles. The normalized spacial score (nSPS) is 13.5. The summed E-state index contributed by atoms with van der Waals surface area (Å²) in [6.45, 7) is 9.91. The molecule has 1 atom stereocenters. The molecule has 0 fully saturated rings. The van der Waals surface area contributed by atoms with Crippen molar-refractivity contribution < 1.29 is 9.13 Å². The fraction of sp³-hybridized carbons (Fsp3) is 0.625. The maximum atomic E-state index is 13.3. The molecule has 0 spiro atoms. The molecular weight excluding hydrogens is 321 g/mol. The van der Waals surface area contributed by atoms with E-state index in [0.29, 0.717) is 11.1 Å². The molecule has 0 aliphatic heterocycles. The first-order valence-corrected chi connectivity index (χ1v) is 7.92. The standard InChI is InChI=1S/C16H25BrFNO/c1-5-8-19-13(11-20-16(2,3)4)9-12-6-7-15(18)14(17)10-12/h6-7,10,13,19H,5,8-9,11H2,1-4H3. The number of hydrogen-bond donors (Lipinski definition) is 1. The van der Waals surface area contributed by atoms with E-state index >= 15 is 0 Å². The van der Waals surface area contributed by atoms with E-state index < -0.39 is 0 Å². The van der Waals surface area contributed by atoms with Gasteiger partial charge in [0.25, 0.3) is 0 Å². The minimum atomic E-state index is -0.224. The van der Waals surface area contributed by atoms with Crippen LogP contribution in [-0.2, 0) is 11.2 Å². The predicted octanol–water partition coefficient (Wildman–Crippen LogP) is 4.31. The fourth-order valence-corrected chi connectivity index (χ4v) is 2.27. The molecule has 2 nitrogen and oxygen atoms in total. The molecule has 1 aromatic rings. The van der Waals surface area contributed by atoms with Gasteiger partial charge < -0.3 is 10.1 Å². The summed E-state index contributed by atoms with van der Waals surface area (Å²) in [6.07, 6.45) is 1.91. The molecule has 0 bridgehead atoms. The highest BCUT2D eigenvalue weighted by Crippen LogP contribution is 2.18. The van der Waals surface area contributed by atoms with Crippen molar-refractivity contribution in [3.8, 4) is 0 Å². The first kappa shape index (κ1) is 17.6. The van der Waals surface area contributed by atoms with Gasteiger partial charge in [0.15, 0.2) is 0 Å². The molecule has 0 aliphatic carbocycles. The number of benzene rings is 1. The topological polar surface area (TPSA) is 21.3 Å². The highest BCUT2D eigenvalue weighted by Gasteiger charge is 2.16. The SMILES string of the molecule is CCCNC(COC(C)(C)C)Cc1ccc(F)c(Br)c1. The lowest BCUT2D eigenvalue weighted by atomic mass is 10.1. The van der Waals surface area contributed by atoms with Gasteiger partial charge in [-0.25, -0.2) is 4.39 Å². The Bertz CT molecular complexity index is 417. The molecule has 0 saturated heterocycles. The van der Waals surface area contributed by atoms with E-state index in [-0.39, 0.29) is 17.5 Å². The first-order chi connectivity index (χ1) is 9.31. The van der Waals surface area contributed by atoms with Crippen LogP contribution in [-0.4, -0.2) is 24.8 Å². The zero-order valence-electron chi connectivity index (χ0n) is 12.8. The van der Waals surface area contributed by atoms with Gasteiger partial charge in [0.05, 0.1) is 16.7 Å². The van der Waals surface area contributed by atoms with Gasteiger partial charge in [-0.15, -0.1) is 0 Å². The molecule has 114 valence electrons. The molecule has 1 aromatic carbocycles. The van der Waals surface area contributed by atoms with E-state index in [4.69, 9.17) is 4.74 Å². The third kappa shape index (κ3) is 6.82. The first-order valence-electron chi connectivity index (χ1n) is 7.13. The van der Waals surface area contributed by atoms with E-state index in [0.717, 1.165) is 24.9 Å². The largest absolute Gasteiger partial charge is 0.374 e. The smallest absolute Gasteiger partial charge is 0.137 e. The highest BCUT2D eigenvalue weighted by atomic mass is 79.9. The second kappa shape index (κ2) is 8.11. The zero-order chi connectivity index (χ0) is 15.2. The van der Waals surface area contributed by atoms with Crippen LogP contribution >= 0.6 is 15.9 Å². The van der Waals surface area contributed by atoms with Crippen LogP contribution in [0.4, 0.5) is 4.39 Å². The maximum Gasteiger partial charge on any atom is 0.137 e. The van der Waals surface area contributed by atoms with Crippen LogP contribution in [0.25, 0.3) is 0 Å². The van der Waals surface area contributed by atoms with Gasteiger partial charge >= 0.3 is 0 Å². The molecule has 1 rings (SSSR count). The number of rotatable bonds is 7. The van der Waals surface area contributed by atoms with Crippen LogP contribution in [0.15, 0.2) is 22.7 Å². The van der Waals surface area contributed by atoms with E-state index in [1.807, 2.05) is 12.1 Å². The Kier molecular flexibility index (Phi) is 7.13. The predicted molar refractivity (Wildman–Crippen MR) is 85.6 cm³/mol. The Morgan fingerprint density at radius 1 is 1.35 bits per heavy atom. The second-order valence-electron chi connectivity index (χ2n) is 6.03. The summed E-state index contributed by atoms with van der Waals surface area (Å²) in [4.78, 5) is 0. The van der Waals surface area contributed by atoms with Crippen LogP contribution in [0.5, 0.6) is 0 Å². The molecule has 0 aromatic heterocycles. The van der Waals surface area contributed by atoms with Crippen LogP contribution in [0.1, 0.15) is 39.7 Å². The lowest BCUT2D eigenvalue weighted by Gasteiger charge is -2.25. The van der Waals surface area contributed by atoms with Crippen molar-refractivity contribution >= 4 is 15.9 Å². The maximum absolute atomic E-state index is 13.3. The summed E-state index contributed by atoms with van der Waals surface area (Å²) in [5.74, 6) is -0.224. The Hall–Kier alpha value is -0.450. The number of nitrogens with one attached hydrogen (secondary N) is 1. The summed E-state index contributed by atoms with van der Waals surface area (Å²) in [5, 5.41) is 3.49. The van der Waals surface area contributed by atoms with Gasteiger partial charge in [-0.2, -0.15) is 0 Å². The molecule has 0 aliphatic rings. The average molecular weight is 346 g/mol. The summed E-state index contributed by atoms with van der Waals surface area (Å²) < 4.78 is 19.6. The quantitative estimate of drug-likeness (QED) is 0.794. The lowest BCUT2D eigenvalue weighted by Crippen LogP contribution is -2.38. The van der Waals surface area contributed by atoms with Crippen molar-refractivity contribution in [1.82, 2.24) is 5.32 Å². The molecule has 0 radical (unpaired) electrons. The second-order valence-corrected chi connectivity index (χ2v) is 6.88. The van der Waals surface area contributed by atoms with Crippen LogP contribution in [0, 0.1) is 5.82 Å². The molecule has 4 heteroatoms. The summed E-state index contributed by atoms with van der Waals surface area (Å²) in [6, 6.07) is 5.41. The average Bonchev–Trinajstić information content (AvgIpc) is 2.36. The Balaban J connectivity index is 2.65. The van der Waals surface area contributed by atoms with Crippen LogP contribution in [0.2, 0.25) is 0 Å². The van der Waals surface area contributed by atoms with Gasteiger partial charge in [-0.05, 0) is 73.8 Å². The minimum Gasteiger partial charge on any atom is -0.374 e. The van der Waals surface area contributed by atoms with Gasteiger partial charge in [0, 0.05) is 6.04 Å². The number of ether oxygens (including phenoxy) is 1. The number of hydrogen-bond acceptors (Lipinski definition) is 2. The fourth-order valence-electron chi connectivity index (χ4n) is 1.84. The van der Waals surface area contributed by atoms with Crippen molar-refractivity contribution in [1.29, 1.82) is 0 Å². The Labute approximate surface area is 130 Å². The van der Waals surface area contributed by atoms with E-state index in [1.54, 1.807) is 0 Å². The van der Waals surface area contributed by atoms with E-state index in [2.05, 4.69) is 48.9 Å².